The van der Waals surface area contributed by atoms with Crippen LogP contribution in [0.1, 0.15) is 10.5 Å². The number of halogens is 2. The van der Waals surface area contributed by atoms with Gasteiger partial charge in [0.15, 0.2) is 5.69 Å². The van der Waals surface area contributed by atoms with Crippen LogP contribution in [0.3, 0.4) is 0 Å². The second-order valence-corrected chi connectivity index (χ2v) is 4.68. The molecule has 1 amide bonds. The molecular weight excluding hydrogens is 309 g/mol. The zero-order chi connectivity index (χ0) is 12.4. The Labute approximate surface area is 109 Å². The number of nitrogens with zero attached hydrogens (tertiary/aromatic N) is 1. The Bertz CT molecular complexity index is 572. The number of hydrogen-bond donors (Lipinski definition) is 2. The fourth-order valence-electron chi connectivity index (χ4n) is 1.18. The summed E-state index contributed by atoms with van der Waals surface area (Å²) < 4.78 is 17.1. The summed E-state index contributed by atoms with van der Waals surface area (Å²) in [7, 11) is 0. The molecule has 1 aromatic heterocycles. The number of amides is 1. The number of carbonyl (C=O) groups is 1. The number of nitrogens with one attached hydrogen (secondary N) is 1. The summed E-state index contributed by atoms with van der Waals surface area (Å²) >= 11 is 4.14. The van der Waals surface area contributed by atoms with Gasteiger partial charge in [0.2, 0.25) is 0 Å². The van der Waals surface area contributed by atoms with Crippen LogP contribution in [0.2, 0.25) is 0 Å². The van der Waals surface area contributed by atoms with Crippen molar-refractivity contribution in [3.8, 4) is 0 Å². The number of nitrogen functional groups attached to an aromatic ring is 1. The zero-order valence-corrected chi connectivity index (χ0v) is 10.8. The van der Waals surface area contributed by atoms with E-state index < -0.39 is 11.7 Å². The molecule has 2 rings (SSSR count). The van der Waals surface area contributed by atoms with Gasteiger partial charge in [-0.2, -0.15) is 4.37 Å². The molecule has 0 bridgehead atoms. The predicted molar refractivity (Wildman–Crippen MR) is 68.6 cm³/mol. The summed E-state index contributed by atoms with van der Waals surface area (Å²) in [5, 5.41) is 4.16. The van der Waals surface area contributed by atoms with Crippen LogP contribution >= 0.6 is 27.5 Å². The van der Waals surface area contributed by atoms with Gasteiger partial charge in [-0.1, -0.05) is 0 Å². The Morgan fingerprint density at radius 1 is 1.53 bits per heavy atom. The van der Waals surface area contributed by atoms with E-state index >= 15 is 0 Å². The molecule has 0 aliphatic carbocycles. The van der Waals surface area contributed by atoms with Gasteiger partial charge in [0.05, 0.1) is 10.2 Å². The molecule has 0 saturated heterocycles. The van der Waals surface area contributed by atoms with Crippen LogP contribution in [-0.2, 0) is 0 Å². The normalized spacial score (nSPS) is 10.2. The van der Waals surface area contributed by atoms with Gasteiger partial charge in [-0.3, -0.25) is 4.79 Å². The van der Waals surface area contributed by atoms with E-state index in [0.29, 0.717) is 11.4 Å². The second-order valence-electron chi connectivity index (χ2n) is 3.20. The topological polar surface area (TPSA) is 68.0 Å². The van der Waals surface area contributed by atoms with Crippen LogP contribution < -0.4 is 11.1 Å². The van der Waals surface area contributed by atoms with Crippen LogP contribution in [-0.4, -0.2) is 10.3 Å². The van der Waals surface area contributed by atoms with Crippen molar-refractivity contribution in [3.05, 3.63) is 39.6 Å². The van der Waals surface area contributed by atoms with Crippen molar-refractivity contribution in [2.75, 3.05) is 11.1 Å². The minimum absolute atomic E-state index is 0.176. The van der Waals surface area contributed by atoms with Crippen molar-refractivity contribution < 1.29 is 9.18 Å². The van der Waals surface area contributed by atoms with Gasteiger partial charge in [-0.05, 0) is 45.7 Å². The number of carbonyl (C=O) groups excluding carboxylic acids is 1. The number of benzene rings is 1. The Kier molecular flexibility index (Phi) is 3.39. The van der Waals surface area contributed by atoms with E-state index in [4.69, 9.17) is 5.73 Å². The standard InChI is InChI=1S/C10H7BrFN3OS/c11-6-3-5(1-2-7(6)12)14-10(16)9-8(13)4-17-15-9/h1-4H,13H2,(H,14,16). The Morgan fingerprint density at radius 2 is 2.29 bits per heavy atom. The minimum atomic E-state index is -0.415. The highest BCUT2D eigenvalue weighted by molar-refractivity contribution is 9.10. The van der Waals surface area contributed by atoms with Gasteiger partial charge in [0.25, 0.3) is 5.91 Å². The molecule has 4 nitrogen and oxygen atoms in total. The highest BCUT2D eigenvalue weighted by atomic mass is 79.9. The van der Waals surface area contributed by atoms with Crippen molar-refractivity contribution in [3.63, 3.8) is 0 Å². The van der Waals surface area contributed by atoms with E-state index in [-0.39, 0.29) is 10.2 Å². The number of rotatable bonds is 2. The molecule has 3 N–H and O–H groups in total. The average molecular weight is 316 g/mol. The number of aromatic nitrogens is 1. The maximum atomic E-state index is 13.0. The molecule has 1 heterocycles. The third-order valence-corrected chi connectivity index (χ3v) is 3.24. The monoisotopic (exact) mass is 315 g/mol. The lowest BCUT2D eigenvalue weighted by Crippen LogP contribution is -2.13. The van der Waals surface area contributed by atoms with Gasteiger partial charge in [-0.25, -0.2) is 4.39 Å². The Hall–Kier alpha value is -1.47. The molecule has 0 spiro atoms. The maximum absolute atomic E-state index is 13.0. The van der Waals surface area contributed by atoms with Crippen molar-refractivity contribution >= 4 is 44.7 Å². The molecule has 17 heavy (non-hydrogen) atoms. The van der Waals surface area contributed by atoms with E-state index in [2.05, 4.69) is 25.6 Å². The van der Waals surface area contributed by atoms with Crippen LogP contribution in [0.5, 0.6) is 0 Å². The molecular formula is C10H7BrFN3OS. The van der Waals surface area contributed by atoms with Gasteiger partial charge in [0.1, 0.15) is 5.82 Å². The third kappa shape index (κ3) is 2.62. The summed E-state index contributed by atoms with van der Waals surface area (Å²) in [6.45, 7) is 0. The van der Waals surface area contributed by atoms with Crippen molar-refractivity contribution in [1.29, 1.82) is 0 Å². The van der Waals surface area contributed by atoms with E-state index in [9.17, 15) is 9.18 Å². The highest BCUT2D eigenvalue weighted by Gasteiger charge is 2.13. The first-order valence-electron chi connectivity index (χ1n) is 4.54. The lowest BCUT2D eigenvalue weighted by molar-refractivity contribution is 0.102. The lowest BCUT2D eigenvalue weighted by atomic mass is 10.3. The van der Waals surface area contributed by atoms with E-state index in [0.717, 1.165) is 11.5 Å². The van der Waals surface area contributed by atoms with E-state index in [1.165, 1.54) is 18.2 Å². The van der Waals surface area contributed by atoms with Gasteiger partial charge < -0.3 is 11.1 Å². The van der Waals surface area contributed by atoms with Crippen molar-refractivity contribution in [2.45, 2.75) is 0 Å². The highest BCUT2D eigenvalue weighted by Crippen LogP contribution is 2.21. The largest absolute Gasteiger partial charge is 0.396 e. The average Bonchev–Trinajstić information content (AvgIpc) is 2.70. The van der Waals surface area contributed by atoms with Crippen molar-refractivity contribution in [2.24, 2.45) is 0 Å². The van der Waals surface area contributed by atoms with Crippen LogP contribution in [0.15, 0.2) is 28.1 Å². The van der Waals surface area contributed by atoms with E-state index in [1.54, 1.807) is 5.38 Å². The molecule has 2 aromatic rings. The quantitative estimate of drug-likeness (QED) is 0.895. The van der Waals surface area contributed by atoms with Gasteiger partial charge in [0, 0.05) is 11.1 Å². The molecule has 0 aliphatic heterocycles. The lowest BCUT2D eigenvalue weighted by Gasteiger charge is -2.04. The number of nitrogens with two attached hydrogens (primary N) is 1. The van der Waals surface area contributed by atoms with Crippen LogP contribution in [0, 0.1) is 5.82 Å². The Balaban J connectivity index is 2.19. The summed E-state index contributed by atoms with van der Waals surface area (Å²) in [5.41, 5.74) is 6.54. The van der Waals surface area contributed by atoms with Gasteiger partial charge >= 0.3 is 0 Å². The summed E-state index contributed by atoms with van der Waals surface area (Å²) in [4.78, 5) is 11.7. The summed E-state index contributed by atoms with van der Waals surface area (Å²) in [6, 6.07) is 4.18. The van der Waals surface area contributed by atoms with Crippen LogP contribution in [0.4, 0.5) is 15.8 Å². The molecule has 0 aliphatic rings. The van der Waals surface area contributed by atoms with Crippen molar-refractivity contribution in [1.82, 2.24) is 4.37 Å². The zero-order valence-electron chi connectivity index (χ0n) is 8.41. The molecule has 7 heteroatoms. The number of hydrogen-bond acceptors (Lipinski definition) is 4. The second kappa shape index (κ2) is 4.80. The molecule has 0 radical (unpaired) electrons. The van der Waals surface area contributed by atoms with E-state index in [1.807, 2.05) is 0 Å². The number of anilines is 2. The molecule has 0 saturated carbocycles. The molecule has 1 aromatic carbocycles. The van der Waals surface area contributed by atoms with Crippen LogP contribution in [0.25, 0.3) is 0 Å². The first-order chi connectivity index (χ1) is 8.08. The Morgan fingerprint density at radius 3 is 2.88 bits per heavy atom. The molecule has 88 valence electrons. The first kappa shape index (κ1) is 12.0. The first-order valence-corrected chi connectivity index (χ1v) is 6.17. The summed E-state index contributed by atoms with van der Waals surface area (Å²) in [5.74, 6) is -0.807. The molecule has 0 fully saturated rings. The summed E-state index contributed by atoms with van der Waals surface area (Å²) in [6.07, 6.45) is 0. The third-order valence-electron chi connectivity index (χ3n) is 1.99. The SMILES string of the molecule is Nc1csnc1C(=O)Nc1ccc(F)c(Br)c1. The predicted octanol–water partition coefficient (Wildman–Crippen LogP) is 2.88. The molecule has 0 atom stereocenters. The maximum Gasteiger partial charge on any atom is 0.277 e. The smallest absolute Gasteiger partial charge is 0.277 e. The minimum Gasteiger partial charge on any atom is -0.396 e. The molecule has 0 unspecified atom stereocenters. The van der Waals surface area contributed by atoms with Gasteiger partial charge in [-0.15, -0.1) is 0 Å². The fraction of sp³-hybridized carbons (Fsp3) is 0. The fourth-order valence-corrected chi connectivity index (χ4v) is 2.13.